The first-order chi connectivity index (χ1) is 6.82. The second kappa shape index (κ2) is 5.79. The molecule has 0 aliphatic rings. The van der Waals surface area contributed by atoms with Crippen LogP contribution in [-0.2, 0) is 4.74 Å². The van der Waals surface area contributed by atoms with Crippen LogP contribution in [0.25, 0.3) is 0 Å². The van der Waals surface area contributed by atoms with Gasteiger partial charge in [-0.15, -0.1) is 0 Å². The van der Waals surface area contributed by atoms with Gasteiger partial charge in [-0.05, 0) is 13.3 Å². The fraction of sp³-hybridized carbons (Fsp3) is 0.875. The highest BCUT2D eigenvalue weighted by Crippen LogP contribution is 2.27. The summed E-state index contributed by atoms with van der Waals surface area (Å²) >= 11 is 0. The molecule has 0 amide bonds. The third-order valence-corrected chi connectivity index (χ3v) is 1.99. The lowest BCUT2D eigenvalue weighted by atomic mass is 10.1. The van der Waals surface area contributed by atoms with E-state index in [4.69, 9.17) is 15.7 Å². The Kier molecular flexibility index (Phi) is 5.41. The van der Waals surface area contributed by atoms with Crippen LogP contribution in [0.15, 0.2) is 5.16 Å². The van der Waals surface area contributed by atoms with E-state index in [2.05, 4.69) is 5.16 Å². The smallest absolute Gasteiger partial charge is 0.401 e. The summed E-state index contributed by atoms with van der Waals surface area (Å²) < 4.78 is 42.0. The number of nitrogens with two attached hydrogens (primary N) is 1. The molecule has 0 heterocycles. The molecule has 0 spiro atoms. The lowest BCUT2D eigenvalue weighted by Gasteiger charge is -2.20. The number of oxime groups is 1. The third kappa shape index (κ3) is 4.87. The van der Waals surface area contributed by atoms with Gasteiger partial charge in [-0.1, -0.05) is 12.1 Å². The normalized spacial score (nSPS) is 17.5. The topological polar surface area (TPSA) is 67.8 Å². The highest BCUT2D eigenvalue weighted by atomic mass is 19.4. The molecule has 2 unspecified atom stereocenters. The van der Waals surface area contributed by atoms with Crippen LogP contribution < -0.4 is 5.73 Å². The molecular formula is C8H15F3N2O2. The number of alkyl halides is 3. The molecule has 15 heavy (non-hydrogen) atoms. The van der Waals surface area contributed by atoms with Gasteiger partial charge < -0.3 is 15.7 Å². The van der Waals surface area contributed by atoms with E-state index in [1.54, 1.807) is 13.8 Å². The van der Waals surface area contributed by atoms with E-state index in [0.717, 1.165) is 0 Å². The molecule has 0 fully saturated rings. The molecule has 0 rings (SSSR count). The standard InChI is InChI=1S/C8H15F3N2O2/c1-3-5(2)15-4-6(7(12)13-14)8(9,10)11/h5-6,14H,3-4H2,1-2H3,(H2,12,13). The van der Waals surface area contributed by atoms with Crippen LogP contribution in [-0.4, -0.2) is 29.9 Å². The zero-order chi connectivity index (χ0) is 12.1. The highest BCUT2D eigenvalue weighted by molar-refractivity contribution is 5.83. The first-order valence-corrected chi connectivity index (χ1v) is 4.48. The zero-order valence-corrected chi connectivity index (χ0v) is 8.58. The first kappa shape index (κ1) is 14.0. The Balaban J connectivity index is 4.41. The SMILES string of the molecule is CCC(C)OCC(C(N)=NO)C(F)(F)F. The largest absolute Gasteiger partial charge is 0.409 e. The summed E-state index contributed by atoms with van der Waals surface area (Å²) in [5, 5.41) is 10.6. The van der Waals surface area contributed by atoms with Gasteiger partial charge in [0.1, 0.15) is 5.92 Å². The van der Waals surface area contributed by atoms with Crippen molar-refractivity contribution < 1.29 is 23.1 Å². The summed E-state index contributed by atoms with van der Waals surface area (Å²) in [6.45, 7) is 2.81. The molecule has 3 N–H and O–H groups in total. The quantitative estimate of drug-likeness (QED) is 0.326. The molecule has 0 radical (unpaired) electrons. The van der Waals surface area contributed by atoms with Gasteiger partial charge in [0.15, 0.2) is 5.84 Å². The van der Waals surface area contributed by atoms with Gasteiger partial charge in [-0.25, -0.2) is 0 Å². The second-order valence-electron chi connectivity index (χ2n) is 3.17. The average molecular weight is 228 g/mol. The monoisotopic (exact) mass is 228 g/mol. The van der Waals surface area contributed by atoms with Crippen molar-refractivity contribution in [3.05, 3.63) is 0 Å². The Bertz CT molecular complexity index is 218. The van der Waals surface area contributed by atoms with Crippen molar-refractivity contribution in [3.8, 4) is 0 Å². The molecule has 0 aliphatic carbocycles. The molecule has 4 nitrogen and oxygen atoms in total. The minimum Gasteiger partial charge on any atom is -0.409 e. The van der Waals surface area contributed by atoms with Crippen molar-refractivity contribution in [2.24, 2.45) is 16.8 Å². The highest BCUT2D eigenvalue weighted by Gasteiger charge is 2.43. The molecule has 0 saturated heterocycles. The van der Waals surface area contributed by atoms with E-state index in [1.165, 1.54) is 0 Å². The minimum atomic E-state index is -4.57. The van der Waals surface area contributed by atoms with Crippen molar-refractivity contribution >= 4 is 5.84 Å². The van der Waals surface area contributed by atoms with E-state index in [1.807, 2.05) is 0 Å². The molecule has 7 heteroatoms. The number of hydrogen-bond acceptors (Lipinski definition) is 3. The van der Waals surface area contributed by atoms with E-state index in [0.29, 0.717) is 6.42 Å². The Labute approximate surface area is 85.9 Å². The molecule has 90 valence electrons. The van der Waals surface area contributed by atoms with Crippen LogP contribution in [0.1, 0.15) is 20.3 Å². The van der Waals surface area contributed by atoms with E-state index in [-0.39, 0.29) is 6.10 Å². The van der Waals surface area contributed by atoms with Gasteiger partial charge in [0.2, 0.25) is 0 Å². The summed E-state index contributed by atoms with van der Waals surface area (Å²) in [5.41, 5.74) is 4.93. The van der Waals surface area contributed by atoms with Crippen LogP contribution in [0, 0.1) is 5.92 Å². The predicted molar refractivity (Wildman–Crippen MR) is 48.7 cm³/mol. The maximum absolute atomic E-state index is 12.4. The van der Waals surface area contributed by atoms with Crippen molar-refractivity contribution in [1.29, 1.82) is 0 Å². The number of halogens is 3. The summed E-state index contributed by atoms with van der Waals surface area (Å²) in [6.07, 6.45) is -4.26. The fourth-order valence-electron chi connectivity index (χ4n) is 0.796. The molecular weight excluding hydrogens is 213 g/mol. The van der Waals surface area contributed by atoms with Crippen molar-refractivity contribution in [1.82, 2.24) is 0 Å². The Morgan fingerprint density at radius 2 is 2.07 bits per heavy atom. The van der Waals surface area contributed by atoms with Crippen LogP contribution in [0.5, 0.6) is 0 Å². The Hall–Kier alpha value is -0.980. The molecule has 0 bridgehead atoms. The summed E-state index contributed by atoms with van der Waals surface area (Å²) in [7, 11) is 0. The first-order valence-electron chi connectivity index (χ1n) is 4.48. The van der Waals surface area contributed by atoms with Crippen molar-refractivity contribution in [3.63, 3.8) is 0 Å². The number of nitrogens with zero attached hydrogens (tertiary/aromatic N) is 1. The average Bonchev–Trinajstić information content (AvgIpc) is 2.15. The Morgan fingerprint density at radius 3 is 2.40 bits per heavy atom. The van der Waals surface area contributed by atoms with E-state index < -0.39 is 24.5 Å². The molecule has 0 saturated carbocycles. The third-order valence-electron chi connectivity index (χ3n) is 1.99. The number of amidine groups is 1. The Morgan fingerprint density at radius 1 is 1.53 bits per heavy atom. The fourth-order valence-corrected chi connectivity index (χ4v) is 0.796. The minimum absolute atomic E-state index is 0.290. The molecule has 2 atom stereocenters. The van der Waals surface area contributed by atoms with E-state index in [9.17, 15) is 13.2 Å². The van der Waals surface area contributed by atoms with E-state index >= 15 is 0 Å². The number of ether oxygens (including phenoxy) is 1. The predicted octanol–water partition coefficient (Wildman–Crippen LogP) is 1.73. The molecule has 0 aromatic heterocycles. The maximum Gasteiger partial charge on any atom is 0.401 e. The number of rotatable bonds is 5. The molecule has 0 aromatic carbocycles. The van der Waals surface area contributed by atoms with Crippen LogP contribution in [0.4, 0.5) is 13.2 Å². The zero-order valence-electron chi connectivity index (χ0n) is 8.58. The van der Waals surface area contributed by atoms with Gasteiger partial charge in [0, 0.05) is 0 Å². The van der Waals surface area contributed by atoms with Crippen LogP contribution in [0.3, 0.4) is 0 Å². The molecule has 0 aliphatic heterocycles. The lowest BCUT2D eigenvalue weighted by Crippen LogP contribution is -2.39. The van der Waals surface area contributed by atoms with Crippen LogP contribution >= 0.6 is 0 Å². The van der Waals surface area contributed by atoms with Gasteiger partial charge in [-0.2, -0.15) is 13.2 Å². The van der Waals surface area contributed by atoms with Gasteiger partial charge >= 0.3 is 6.18 Å². The van der Waals surface area contributed by atoms with Gasteiger partial charge in [0.25, 0.3) is 0 Å². The summed E-state index contributed by atoms with van der Waals surface area (Å²) in [4.78, 5) is 0. The second-order valence-corrected chi connectivity index (χ2v) is 3.17. The molecule has 0 aromatic rings. The maximum atomic E-state index is 12.4. The van der Waals surface area contributed by atoms with Crippen LogP contribution in [0.2, 0.25) is 0 Å². The van der Waals surface area contributed by atoms with Gasteiger partial charge in [0.05, 0.1) is 12.7 Å². The van der Waals surface area contributed by atoms with Crippen molar-refractivity contribution in [2.45, 2.75) is 32.5 Å². The summed E-state index contributed by atoms with van der Waals surface area (Å²) in [6, 6.07) is 0. The van der Waals surface area contributed by atoms with Gasteiger partial charge in [-0.3, -0.25) is 0 Å². The lowest BCUT2D eigenvalue weighted by molar-refractivity contribution is -0.172. The summed E-state index contributed by atoms with van der Waals surface area (Å²) in [5.74, 6) is -2.94. The van der Waals surface area contributed by atoms with Crippen molar-refractivity contribution in [2.75, 3.05) is 6.61 Å². The number of hydrogen-bond donors (Lipinski definition) is 2.